The SMILES string of the molecule is OCn1nnc(-c2ccc(Br)cc2)n1. The van der Waals surface area contributed by atoms with Crippen molar-refractivity contribution in [3.8, 4) is 11.4 Å². The number of benzene rings is 1. The van der Waals surface area contributed by atoms with Crippen LogP contribution in [0.15, 0.2) is 28.7 Å². The third-order valence-electron chi connectivity index (χ3n) is 1.68. The first-order valence-electron chi connectivity index (χ1n) is 3.94. The molecule has 0 fully saturated rings. The van der Waals surface area contributed by atoms with Crippen LogP contribution in [0.1, 0.15) is 0 Å². The zero-order valence-electron chi connectivity index (χ0n) is 7.13. The van der Waals surface area contributed by atoms with Gasteiger partial charge in [0.2, 0.25) is 5.82 Å². The Labute approximate surface area is 88.5 Å². The van der Waals surface area contributed by atoms with E-state index in [1.54, 1.807) is 0 Å². The molecule has 0 amide bonds. The van der Waals surface area contributed by atoms with Gasteiger partial charge in [-0.15, -0.1) is 15.0 Å². The van der Waals surface area contributed by atoms with Crippen LogP contribution in [0, 0.1) is 0 Å². The molecule has 0 bridgehead atoms. The van der Waals surface area contributed by atoms with Crippen LogP contribution in [0.3, 0.4) is 0 Å². The van der Waals surface area contributed by atoms with Gasteiger partial charge in [0, 0.05) is 10.0 Å². The number of rotatable bonds is 2. The molecule has 1 N–H and O–H groups in total. The van der Waals surface area contributed by atoms with Gasteiger partial charge in [-0.2, -0.15) is 0 Å². The third kappa shape index (κ3) is 1.80. The largest absolute Gasteiger partial charge is 0.373 e. The molecular weight excluding hydrogens is 248 g/mol. The second kappa shape index (κ2) is 3.85. The van der Waals surface area contributed by atoms with Gasteiger partial charge in [0.05, 0.1) is 0 Å². The average Bonchev–Trinajstić information content (AvgIpc) is 2.67. The van der Waals surface area contributed by atoms with Gasteiger partial charge in [0.1, 0.15) is 0 Å². The van der Waals surface area contributed by atoms with Gasteiger partial charge in [-0.1, -0.05) is 15.9 Å². The summed E-state index contributed by atoms with van der Waals surface area (Å²) in [6.45, 7) is -0.260. The van der Waals surface area contributed by atoms with Crippen LogP contribution >= 0.6 is 15.9 Å². The van der Waals surface area contributed by atoms with E-state index in [1.807, 2.05) is 24.3 Å². The highest BCUT2D eigenvalue weighted by molar-refractivity contribution is 9.10. The normalized spacial score (nSPS) is 10.4. The average molecular weight is 255 g/mol. The highest BCUT2D eigenvalue weighted by Crippen LogP contribution is 2.17. The van der Waals surface area contributed by atoms with E-state index >= 15 is 0 Å². The summed E-state index contributed by atoms with van der Waals surface area (Å²) in [5.41, 5.74) is 0.868. The van der Waals surface area contributed by atoms with Gasteiger partial charge >= 0.3 is 0 Å². The van der Waals surface area contributed by atoms with Crippen molar-refractivity contribution in [3.05, 3.63) is 28.7 Å². The van der Waals surface area contributed by atoms with Gasteiger partial charge in [0.15, 0.2) is 6.73 Å². The number of aliphatic hydroxyl groups is 1. The summed E-state index contributed by atoms with van der Waals surface area (Å²) >= 11 is 3.34. The summed E-state index contributed by atoms with van der Waals surface area (Å²) in [6.07, 6.45) is 0. The zero-order valence-corrected chi connectivity index (χ0v) is 8.72. The van der Waals surface area contributed by atoms with E-state index < -0.39 is 0 Å². The Balaban J connectivity index is 2.34. The van der Waals surface area contributed by atoms with Crippen molar-refractivity contribution >= 4 is 15.9 Å². The molecule has 0 spiro atoms. The van der Waals surface area contributed by atoms with Gasteiger partial charge in [-0.05, 0) is 29.5 Å². The highest BCUT2D eigenvalue weighted by atomic mass is 79.9. The molecule has 0 saturated heterocycles. The van der Waals surface area contributed by atoms with E-state index in [4.69, 9.17) is 5.11 Å². The Kier molecular flexibility index (Phi) is 2.55. The van der Waals surface area contributed by atoms with Crippen LogP contribution in [0.5, 0.6) is 0 Å². The molecule has 1 heterocycles. The molecule has 0 saturated carbocycles. The summed E-state index contributed by atoms with van der Waals surface area (Å²) < 4.78 is 0.996. The second-order valence-electron chi connectivity index (χ2n) is 2.63. The number of nitrogens with zero attached hydrogens (tertiary/aromatic N) is 4. The fourth-order valence-corrected chi connectivity index (χ4v) is 1.28. The number of halogens is 1. The van der Waals surface area contributed by atoms with E-state index in [1.165, 1.54) is 0 Å². The molecule has 0 unspecified atom stereocenters. The predicted molar refractivity (Wildman–Crippen MR) is 53.2 cm³/mol. The van der Waals surface area contributed by atoms with Crippen molar-refractivity contribution in [2.75, 3.05) is 0 Å². The Morgan fingerprint density at radius 1 is 1.29 bits per heavy atom. The molecule has 2 rings (SSSR count). The number of aliphatic hydroxyl groups excluding tert-OH is 1. The van der Waals surface area contributed by atoms with E-state index in [-0.39, 0.29) is 6.73 Å². The monoisotopic (exact) mass is 254 g/mol. The summed E-state index contributed by atoms with van der Waals surface area (Å²) in [4.78, 5) is 1.12. The lowest BCUT2D eigenvalue weighted by molar-refractivity contribution is 0.175. The smallest absolute Gasteiger partial charge is 0.205 e. The quantitative estimate of drug-likeness (QED) is 0.871. The first-order chi connectivity index (χ1) is 6.79. The number of hydrogen-bond acceptors (Lipinski definition) is 4. The topological polar surface area (TPSA) is 63.8 Å². The van der Waals surface area contributed by atoms with Crippen molar-refractivity contribution in [2.24, 2.45) is 0 Å². The highest BCUT2D eigenvalue weighted by Gasteiger charge is 2.04. The fourth-order valence-electron chi connectivity index (χ4n) is 1.02. The Hall–Kier alpha value is -1.27. The summed E-state index contributed by atoms with van der Waals surface area (Å²) in [5.74, 6) is 0.506. The summed E-state index contributed by atoms with van der Waals surface area (Å²) in [5, 5.41) is 20.1. The first-order valence-corrected chi connectivity index (χ1v) is 4.73. The molecule has 0 aliphatic rings. The van der Waals surface area contributed by atoms with E-state index in [9.17, 15) is 0 Å². The summed E-state index contributed by atoms with van der Waals surface area (Å²) in [6, 6.07) is 7.55. The molecule has 0 aliphatic heterocycles. The van der Waals surface area contributed by atoms with Crippen LogP contribution < -0.4 is 0 Å². The molecule has 72 valence electrons. The van der Waals surface area contributed by atoms with Gasteiger partial charge in [0.25, 0.3) is 0 Å². The fraction of sp³-hybridized carbons (Fsp3) is 0.125. The number of hydrogen-bond donors (Lipinski definition) is 1. The van der Waals surface area contributed by atoms with Crippen LogP contribution in [0.25, 0.3) is 11.4 Å². The van der Waals surface area contributed by atoms with Crippen LogP contribution in [0.4, 0.5) is 0 Å². The molecule has 1 aromatic heterocycles. The van der Waals surface area contributed by atoms with E-state index in [0.29, 0.717) is 5.82 Å². The van der Waals surface area contributed by atoms with Gasteiger partial charge in [-0.25, -0.2) is 0 Å². The molecule has 0 aliphatic carbocycles. The van der Waals surface area contributed by atoms with Crippen molar-refractivity contribution in [1.29, 1.82) is 0 Å². The van der Waals surface area contributed by atoms with Gasteiger partial charge in [-0.3, -0.25) is 0 Å². The molecule has 14 heavy (non-hydrogen) atoms. The molecule has 5 nitrogen and oxygen atoms in total. The maximum Gasteiger partial charge on any atom is 0.205 e. The standard InChI is InChI=1S/C8H7BrN4O/c9-7-3-1-6(2-4-7)8-10-12-13(5-14)11-8/h1-4,14H,5H2. The van der Waals surface area contributed by atoms with Crippen molar-refractivity contribution < 1.29 is 5.11 Å². The molecular formula is C8H7BrN4O. The number of tetrazole rings is 1. The Morgan fingerprint density at radius 3 is 2.57 bits per heavy atom. The van der Waals surface area contributed by atoms with Crippen molar-refractivity contribution in [2.45, 2.75) is 6.73 Å². The minimum atomic E-state index is -0.260. The minimum absolute atomic E-state index is 0.260. The lowest BCUT2D eigenvalue weighted by Gasteiger charge is -1.93. The van der Waals surface area contributed by atoms with Crippen LogP contribution in [-0.4, -0.2) is 25.3 Å². The minimum Gasteiger partial charge on any atom is -0.373 e. The van der Waals surface area contributed by atoms with Crippen LogP contribution in [-0.2, 0) is 6.73 Å². The van der Waals surface area contributed by atoms with Gasteiger partial charge < -0.3 is 5.11 Å². The Morgan fingerprint density at radius 2 is 2.00 bits per heavy atom. The van der Waals surface area contributed by atoms with Crippen molar-refractivity contribution in [1.82, 2.24) is 20.2 Å². The zero-order chi connectivity index (χ0) is 9.97. The van der Waals surface area contributed by atoms with Crippen molar-refractivity contribution in [3.63, 3.8) is 0 Å². The third-order valence-corrected chi connectivity index (χ3v) is 2.21. The molecule has 1 aromatic carbocycles. The second-order valence-corrected chi connectivity index (χ2v) is 3.55. The maximum atomic E-state index is 8.73. The molecule has 2 aromatic rings. The van der Waals surface area contributed by atoms with E-state index in [0.717, 1.165) is 14.8 Å². The molecule has 6 heteroatoms. The molecule has 0 atom stereocenters. The Bertz CT molecular complexity index is 425. The van der Waals surface area contributed by atoms with Crippen LogP contribution in [0.2, 0.25) is 0 Å². The van der Waals surface area contributed by atoms with E-state index in [2.05, 4.69) is 31.3 Å². The predicted octanol–water partition coefficient (Wildman–Crippen LogP) is 1.05. The lowest BCUT2D eigenvalue weighted by Crippen LogP contribution is -2.00. The molecule has 0 radical (unpaired) electrons. The number of aromatic nitrogens is 4. The maximum absolute atomic E-state index is 8.73. The first kappa shape index (κ1) is 9.29. The summed E-state index contributed by atoms with van der Waals surface area (Å²) in [7, 11) is 0. The lowest BCUT2D eigenvalue weighted by atomic mass is 10.2.